The van der Waals surface area contributed by atoms with E-state index >= 15 is 0 Å². The van der Waals surface area contributed by atoms with Crippen molar-refractivity contribution in [1.82, 2.24) is 4.90 Å². The van der Waals surface area contributed by atoms with Crippen LogP contribution in [0.2, 0.25) is 0 Å². The van der Waals surface area contributed by atoms with Crippen LogP contribution in [0.5, 0.6) is 5.75 Å². The lowest BCUT2D eigenvalue weighted by atomic mass is 10.1. The highest BCUT2D eigenvalue weighted by Gasteiger charge is 2.09. The van der Waals surface area contributed by atoms with Gasteiger partial charge in [-0.2, -0.15) is 0 Å². The number of aryl methyl sites for hydroxylation is 2. The number of thioether (sulfide) groups is 1. The molecule has 0 saturated carbocycles. The van der Waals surface area contributed by atoms with Crippen LogP contribution >= 0.6 is 35.0 Å². The highest BCUT2D eigenvalue weighted by Crippen LogP contribution is 2.30. The number of rotatable bonds is 5. The minimum absolute atomic E-state index is 0.0358. The summed E-state index contributed by atoms with van der Waals surface area (Å²) < 4.78 is 5.78. The van der Waals surface area contributed by atoms with Crippen molar-refractivity contribution in [3.8, 4) is 5.75 Å². The molecule has 0 amide bonds. The summed E-state index contributed by atoms with van der Waals surface area (Å²) in [5.41, 5.74) is 3.94. The first kappa shape index (κ1) is 18.9. The van der Waals surface area contributed by atoms with Crippen molar-refractivity contribution in [2.45, 2.75) is 20.8 Å². The van der Waals surface area contributed by atoms with Gasteiger partial charge in [0.2, 0.25) is 0 Å². The molecule has 0 aromatic heterocycles. The molecule has 0 radical (unpaired) electrons. The molecular weight excluding hydrogens is 341 g/mol. The molecule has 4 nitrogen and oxygen atoms in total. The summed E-state index contributed by atoms with van der Waals surface area (Å²) >= 11 is 12.2. The lowest BCUT2D eigenvalue weighted by Gasteiger charge is -2.12. The van der Waals surface area contributed by atoms with Crippen LogP contribution in [0.1, 0.15) is 18.1 Å². The highest BCUT2D eigenvalue weighted by molar-refractivity contribution is 8.18. The van der Waals surface area contributed by atoms with Crippen LogP contribution in [-0.4, -0.2) is 30.1 Å². The summed E-state index contributed by atoms with van der Waals surface area (Å²) in [5.74, 6) is 0.608. The number of benzene rings is 1. The Labute approximate surface area is 145 Å². The molecule has 0 bridgehead atoms. The maximum absolute atomic E-state index is 7.76. The number of nitrogens with zero attached hydrogens (tertiary/aromatic N) is 2. The first-order valence-electron chi connectivity index (χ1n) is 6.63. The number of ether oxygens (including phenoxy) is 1. The van der Waals surface area contributed by atoms with Crippen LogP contribution in [0.25, 0.3) is 0 Å². The third-order valence-electron chi connectivity index (χ3n) is 2.86. The molecule has 1 rings (SSSR count). The van der Waals surface area contributed by atoms with E-state index in [1.165, 1.54) is 5.54 Å². The molecule has 0 aliphatic rings. The molecule has 0 atom stereocenters. The van der Waals surface area contributed by atoms with Crippen molar-refractivity contribution >= 4 is 52.2 Å². The minimum Gasteiger partial charge on any atom is -0.434 e. The van der Waals surface area contributed by atoms with Crippen LogP contribution in [0.3, 0.4) is 0 Å². The van der Waals surface area contributed by atoms with Crippen LogP contribution in [-0.2, 0) is 0 Å². The zero-order valence-electron chi connectivity index (χ0n) is 13.0. The molecule has 0 aliphatic carbocycles. The summed E-state index contributed by atoms with van der Waals surface area (Å²) in [6.07, 6.45) is 1.80. The van der Waals surface area contributed by atoms with Crippen LogP contribution in [0.15, 0.2) is 27.0 Å². The van der Waals surface area contributed by atoms with Gasteiger partial charge in [-0.05, 0) is 55.8 Å². The van der Waals surface area contributed by atoms with Gasteiger partial charge >= 0.3 is 0 Å². The van der Waals surface area contributed by atoms with Crippen LogP contribution < -0.4 is 4.74 Å². The fourth-order valence-corrected chi connectivity index (χ4v) is 2.19. The van der Waals surface area contributed by atoms with E-state index in [1.807, 2.05) is 37.9 Å². The molecule has 7 heteroatoms. The normalized spacial score (nSPS) is 11.8. The summed E-state index contributed by atoms with van der Waals surface area (Å²) in [4.78, 5) is 6.45. The minimum atomic E-state index is -0.0358. The van der Waals surface area contributed by atoms with E-state index in [9.17, 15) is 0 Å². The van der Waals surface area contributed by atoms with Crippen molar-refractivity contribution in [2.24, 2.45) is 4.99 Å². The van der Waals surface area contributed by atoms with E-state index in [-0.39, 0.29) is 9.59 Å². The molecule has 1 aromatic rings. The Balaban J connectivity index is 2.90. The maximum Gasteiger partial charge on any atom is 0.254 e. The Kier molecular flexibility index (Phi) is 7.79. The molecule has 120 valence electrons. The molecule has 1 N–H and O–H groups in total. The van der Waals surface area contributed by atoms with Gasteiger partial charge in [0.1, 0.15) is 5.75 Å². The summed E-state index contributed by atoms with van der Waals surface area (Å²) in [5, 5.41) is 7.73. The van der Waals surface area contributed by atoms with Crippen molar-refractivity contribution in [3.63, 3.8) is 0 Å². The van der Waals surface area contributed by atoms with E-state index in [0.717, 1.165) is 35.1 Å². The van der Waals surface area contributed by atoms with E-state index in [2.05, 4.69) is 11.9 Å². The number of hydrogen-bond acceptors (Lipinski definition) is 4. The van der Waals surface area contributed by atoms with Gasteiger partial charge in [0.25, 0.3) is 5.23 Å². The molecule has 0 unspecified atom stereocenters. The SMILES string of the molecule is CCN(C)/C=N/c1cc(C)c(OC(=N)S/C(Cl)=C/Cl)cc1C. The Morgan fingerprint density at radius 1 is 1.41 bits per heavy atom. The lowest BCUT2D eigenvalue weighted by molar-refractivity contribution is 0.551. The highest BCUT2D eigenvalue weighted by atomic mass is 35.5. The topological polar surface area (TPSA) is 48.7 Å². The summed E-state index contributed by atoms with van der Waals surface area (Å²) in [6.45, 7) is 6.82. The standard InChI is InChI=1S/C15H19Cl2N3OS/c1-5-20(4)9-19-12-6-11(3)13(7-10(12)2)21-15(18)22-14(17)8-16/h6-9,18H,5H2,1-4H3/b14-8+,18-15?,19-9+. The average Bonchev–Trinajstić information content (AvgIpc) is 2.48. The Morgan fingerprint density at radius 2 is 2.09 bits per heavy atom. The third-order valence-corrected chi connectivity index (χ3v) is 4.25. The number of halogens is 2. The van der Waals surface area contributed by atoms with Crippen molar-refractivity contribution in [3.05, 3.63) is 33.2 Å². The van der Waals surface area contributed by atoms with Crippen molar-refractivity contribution in [2.75, 3.05) is 13.6 Å². The van der Waals surface area contributed by atoms with E-state index < -0.39 is 0 Å². The van der Waals surface area contributed by atoms with Gasteiger partial charge in [-0.1, -0.05) is 23.2 Å². The van der Waals surface area contributed by atoms with Gasteiger partial charge in [0.05, 0.1) is 16.4 Å². The van der Waals surface area contributed by atoms with Crippen LogP contribution in [0, 0.1) is 19.3 Å². The van der Waals surface area contributed by atoms with Gasteiger partial charge in [-0.15, -0.1) is 0 Å². The van der Waals surface area contributed by atoms with E-state index in [0.29, 0.717) is 5.75 Å². The Hall–Kier alpha value is -1.17. The fourth-order valence-electron chi connectivity index (χ4n) is 1.50. The molecule has 0 heterocycles. The molecule has 0 aliphatic heterocycles. The van der Waals surface area contributed by atoms with Gasteiger partial charge < -0.3 is 9.64 Å². The van der Waals surface area contributed by atoms with Crippen molar-refractivity contribution in [1.29, 1.82) is 5.41 Å². The average molecular weight is 360 g/mol. The molecule has 0 saturated heterocycles. The smallest absolute Gasteiger partial charge is 0.254 e. The fraction of sp³-hybridized carbons (Fsp3) is 0.333. The largest absolute Gasteiger partial charge is 0.434 e. The number of aliphatic imine (C=N–C) groups is 1. The zero-order valence-corrected chi connectivity index (χ0v) is 15.3. The lowest BCUT2D eigenvalue weighted by Crippen LogP contribution is -2.14. The van der Waals surface area contributed by atoms with E-state index in [1.54, 1.807) is 6.34 Å². The predicted octanol–water partition coefficient (Wildman–Crippen LogP) is 5.24. The monoisotopic (exact) mass is 359 g/mol. The third kappa shape index (κ3) is 5.91. The van der Waals surface area contributed by atoms with E-state index in [4.69, 9.17) is 33.3 Å². The van der Waals surface area contributed by atoms with Crippen molar-refractivity contribution < 1.29 is 4.74 Å². The zero-order chi connectivity index (χ0) is 16.7. The maximum atomic E-state index is 7.76. The van der Waals surface area contributed by atoms with Gasteiger partial charge in [-0.3, -0.25) is 5.41 Å². The summed E-state index contributed by atoms with van der Waals surface area (Å²) in [6, 6.07) is 3.79. The van der Waals surface area contributed by atoms with Gasteiger partial charge in [0.15, 0.2) is 0 Å². The molecule has 1 aromatic carbocycles. The second-order valence-electron chi connectivity index (χ2n) is 4.63. The molecule has 22 heavy (non-hydrogen) atoms. The second kappa shape index (κ2) is 9.08. The first-order chi connectivity index (χ1) is 10.4. The molecule has 0 spiro atoms. The first-order valence-corrected chi connectivity index (χ1v) is 8.26. The molecular formula is C15H19Cl2N3OS. The summed E-state index contributed by atoms with van der Waals surface area (Å²) in [7, 11) is 1.97. The van der Waals surface area contributed by atoms with Gasteiger partial charge in [-0.25, -0.2) is 4.99 Å². The van der Waals surface area contributed by atoms with Gasteiger partial charge in [0, 0.05) is 19.1 Å². The number of hydrogen-bond donors (Lipinski definition) is 1. The Bertz CT molecular complexity index is 603. The molecule has 0 fully saturated rings. The van der Waals surface area contributed by atoms with Crippen LogP contribution in [0.4, 0.5) is 5.69 Å². The quantitative estimate of drug-likeness (QED) is 0.577. The predicted molar refractivity (Wildman–Crippen MR) is 98.1 cm³/mol. The second-order valence-corrected chi connectivity index (χ2v) is 6.49. The Morgan fingerprint density at radius 3 is 2.68 bits per heavy atom. The number of nitrogens with one attached hydrogen (secondary N) is 1.